The molecule has 0 fully saturated rings. The maximum Gasteiger partial charge on any atom is 0.342 e. The highest BCUT2D eigenvalue weighted by Crippen LogP contribution is 2.45. The van der Waals surface area contributed by atoms with Crippen LogP contribution >= 0.6 is 14.3 Å². The Morgan fingerprint density at radius 3 is 1.41 bits per heavy atom. The van der Waals surface area contributed by atoms with Gasteiger partial charge in [0.2, 0.25) is 0 Å². The lowest BCUT2D eigenvalue weighted by atomic mass is 9.94. The van der Waals surface area contributed by atoms with E-state index in [0.717, 1.165) is 82.7 Å². The lowest BCUT2D eigenvalue weighted by molar-refractivity contribution is -0.104. The number of ether oxygens (including phenoxy) is 6. The predicted octanol–water partition coefficient (Wildman–Crippen LogP) is 12.0. The number of rotatable bonds is 20. The van der Waals surface area contributed by atoms with Gasteiger partial charge in [-0.3, -0.25) is 4.79 Å². The molecule has 15 heteroatoms. The third-order valence-electron chi connectivity index (χ3n) is 10.9. The topological polar surface area (TPSA) is 141 Å². The first-order valence-corrected chi connectivity index (χ1v) is 35.0. The maximum absolute atomic E-state index is 12.5. The fraction of sp³-hybridized carbons (Fsp3) is 0.604. The van der Waals surface area contributed by atoms with Gasteiger partial charge in [-0.15, -0.1) is 0 Å². The summed E-state index contributed by atoms with van der Waals surface area (Å²) in [5, 5.41) is 0. The second kappa shape index (κ2) is 24.2. The van der Waals surface area contributed by atoms with Crippen molar-refractivity contribution in [3.63, 3.8) is 0 Å². The number of hydrogen-bond donors (Lipinski definition) is 0. The summed E-state index contributed by atoms with van der Waals surface area (Å²) in [6.07, 6.45) is 9.29. The number of benzene rings is 2. The molecule has 0 N–H and O–H groups in total. The van der Waals surface area contributed by atoms with Gasteiger partial charge in [-0.25, -0.2) is 9.59 Å². The SMILES string of the molecule is CCP(C)(C)=O.COc1c(C)c2c(c(OCC[Si](C)(C)C)c1C/C=C(\C)C=O)C(=O)OC2.COc1c(C)c2c(c(OCC[Si](C)(C)C)c1C/C=C(\C)CCCP(C)(C)=O)C(=O)OC2. The Labute approximate surface area is 381 Å². The normalized spacial score (nSPS) is 14.0. The first-order chi connectivity index (χ1) is 29.1. The third-order valence-corrected chi connectivity index (χ3v) is 17.3. The molecule has 2 aromatic rings. The van der Waals surface area contributed by atoms with E-state index in [1.165, 1.54) is 5.57 Å². The molecule has 0 saturated carbocycles. The number of carbonyl (C=O) groups is 3. The van der Waals surface area contributed by atoms with Crippen LogP contribution in [0.2, 0.25) is 51.4 Å². The van der Waals surface area contributed by atoms with Crippen LogP contribution in [0.15, 0.2) is 23.3 Å². The molecule has 63 heavy (non-hydrogen) atoms. The highest BCUT2D eigenvalue weighted by Gasteiger charge is 2.35. The second-order valence-electron chi connectivity index (χ2n) is 19.9. The van der Waals surface area contributed by atoms with E-state index in [1.807, 2.05) is 40.2 Å². The number of cyclic esters (lactones) is 2. The molecular formula is C48H78O11P2Si2. The van der Waals surface area contributed by atoms with Gasteiger partial charge in [-0.1, -0.05) is 63.9 Å². The van der Waals surface area contributed by atoms with E-state index >= 15 is 0 Å². The zero-order chi connectivity index (χ0) is 48.1. The van der Waals surface area contributed by atoms with Gasteiger partial charge in [0.15, 0.2) is 0 Å². The van der Waals surface area contributed by atoms with Crippen LogP contribution in [0.1, 0.15) is 87.7 Å². The van der Waals surface area contributed by atoms with Crippen molar-refractivity contribution in [2.45, 2.75) is 125 Å². The van der Waals surface area contributed by atoms with E-state index in [2.05, 4.69) is 52.3 Å². The molecule has 0 amide bonds. The molecule has 0 atom stereocenters. The summed E-state index contributed by atoms with van der Waals surface area (Å²) in [4.78, 5) is 35.8. The molecule has 2 aliphatic rings. The molecule has 4 rings (SSSR count). The Morgan fingerprint density at radius 2 is 1.08 bits per heavy atom. The number of fused-ring (bicyclic) bond motifs is 2. The fourth-order valence-corrected chi connectivity index (χ4v) is 9.03. The van der Waals surface area contributed by atoms with Gasteiger partial charge in [0.1, 0.15) is 53.6 Å². The molecule has 0 aromatic heterocycles. The molecular weight excluding hydrogens is 871 g/mol. The number of allylic oxidation sites excluding steroid dienone is 4. The zero-order valence-corrected chi connectivity index (χ0v) is 45.4. The first-order valence-electron chi connectivity index (χ1n) is 22.0. The average Bonchev–Trinajstić information content (AvgIpc) is 3.76. The van der Waals surface area contributed by atoms with Crippen molar-refractivity contribution < 1.29 is 51.9 Å². The van der Waals surface area contributed by atoms with Crippen LogP contribution < -0.4 is 18.9 Å². The molecule has 2 aliphatic heterocycles. The molecule has 0 unspecified atom stereocenters. The van der Waals surface area contributed by atoms with Crippen molar-refractivity contribution in [1.82, 2.24) is 0 Å². The molecule has 0 radical (unpaired) electrons. The summed E-state index contributed by atoms with van der Waals surface area (Å²) >= 11 is 0. The highest BCUT2D eigenvalue weighted by atomic mass is 31.2. The van der Waals surface area contributed by atoms with E-state index in [0.29, 0.717) is 60.0 Å². The van der Waals surface area contributed by atoms with Gasteiger partial charge < -0.3 is 37.6 Å². The van der Waals surface area contributed by atoms with E-state index in [1.54, 1.807) is 34.5 Å². The monoisotopic (exact) mass is 948 g/mol. The van der Waals surface area contributed by atoms with Crippen molar-refractivity contribution in [3.8, 4) is 23.0 Å². The highest BCUT2D eigenvalue weighted by molar-refractivity contribution is 7.62. The van der Waals surface area contributed by atoms with Gasteiger partial charge in [-0.2, -0.15) is 0 Å². The summed E-state index contributed by atoms with van der Waals surface area (Å²) in [7, 11) is -2.91. The van der Waals surface area contributed by atoms with Crippen LogP contribution in [0.3, 0.4) is 0 Å². The third kappa shape index (κ3) is 17.8. The Morgan fingerprint density at radius 1 is 0.683 bits per heavy atom. The van der Waals surface area contributed by atoms with Crippen LogP contribution in [0.5, 0.6) is 23.0 Å². The van der Waals surface area contributed by atoms with E-state index in [9.17, 15) is 23.5 Å². The summed E-state index contributed by atoms with van der Waals surface area (Å²) in [6, 6.07) is 1.99. The minimum atomic E-state index is -1.98. The lowest BCUT2D eigenvalue weighted by Crippen LogP contribution is -2.23. The molecule has 2 heterocycles. The van der Waals surface area contributed by atoms with E-state index in [-0.39, 0.29) is 25.2 Å². The summed E-state index contributed by atoms with van der Waals surface area (Å²) in [6.45, 7) is 32.4. The van der Waals surface area contributed by atoms with Crippen LogP contribution in [0.4, 0.5) is 0 Å². The second-order valence-corrected chi connectivity index (χ2v) is 38.5. The number of methoxy groups -OCH3 is 2. The number of aldehydes is 1. The Kier molecular flexibility index (Phi) is 21.4. The van der Waals surface area contributed by atoms with Gasteiger partial charge in [-0.05, 0) is 115 Å². The van der Waals surface area contributed by atoms with Gasteiger partial charge >= 0.3 is 11.9 Å². The van der Waals surface area contributed by atoms with Crippen molar-refractivity contribution in [1.29, 1.82) is 0 Å². The van der Waals surface area contributed by atoms with Gasteiger partial charge in [0.25, 0.3) is 0 Å². The molecule has 2 aromatic carbocycles. The smallest absolute Gasteiger partial charge is 0.342 e. The quantitative estimate of drug-likeness (QED) is 0.0313. The molecule has 0 bridgehead atoms. The standard InChI is InChI=1S/C24H39O5PSi.C20H28O5Si.C4H11OP/c1-17(10-9-14-30(4,5)26)11-12-19-22(27-3)18(2)20-16-29-24(25)21(20)23(19)28-13-15-31(6,7)8;1-13(11-21)7-8-15-18(23-3)14(2)16-12-25-20(22)17(16)19(15)24-9-10-26(4,5)6;1-4-6(2,3)5/h11H,9-10,12-16H2,1-8H3;7,11H,8-10,12H2,1-6H3;4H2,1-3H3/b17-11+;13-7+;. The Hall–Kier alpha value is -3.38. The van der Waals surface area contributed by atoms with Gasteiger partial charge in [0, 0.05) is 44.6 Å². The maximum atomic E-state index is 12.5. The van der Waals surface area contributed by atoms with Crippen LogP contribution in [0, 0.1) is 13.8 Å². The van der Waals surface area contributed by atoms with Crippen molar-refractivity contribution in [3.05, 3.63) is 67.8 Å². The average molecular weight is 949 g/mol. The van der Waals surface area contributed by atoms with Crippen molar-refractivity contribution in [2.75, 3.05) is 66.4 Å². The van der Waals surface area contributed by atoms with Crippen LogP contribution in [-0.2, 0) is 49.5 Å². The zero-order valence-electron chi connectivity index (χ0n) is 41.6. The molecule has 11 nitrogen and oxygen atoms in total. The van der Waals surface area contributed by atoms with Crippen LogP contribution in [0.25, 0.3) is 0 Å². The molecule has 354 valence electrons. The Bertz CT molecular complexity index is 2100. The molecule has 0 spiro atoms. The molecule has 0 aliphatic carbocycles. The predicted molar refractivity (Wildman–Crippen MR) is 266 cm³/mol. The Balaban J connectivity index is 0.000000388. The number of hydrogen-bond acceptors (Lipinski definition) is 11. The first kappa shape index (κ1) is 55.8. The summed E-state index contributed by atoms with van der Waals surface area (Å²) < 4.78 is 57.0. The van der Waals surface area contributed by atoms with Crippen LogP contribution in [-0.4, -0.2) is 101 Å². The lowest BCUT2D eigenvalue weighted by Gasteiger charge is -2.21. The number of esters is 2. The minimum absolute atomic E-state index is 0.240. The summed E-state index contributed by atoms with van der Waals surface area (Å²) in [5.41, 5.74) is 8.16. The van der Waals surface area contributed by atoms with Gasteiger partial charge in [0.05, 0.1) is 41.7 Å². The van der Waals surface area contributed by atoms with E-state index < -0.39 is 30.4 Å². The van der Waals surface area contributed by atoms with Crippen molar-refractivity contribution >= 4 is 48.7 Å². The van der Waals surface area contributed by atoms with E-state index in [4.69, 9.17) is 28.4 Å². The largest absolute Gasteiger partial charge is 0.496 e. The fourth-order valence-electron chi connectivity index (χ4n) is 6.68. The van der Waals surface area contributed by atoms with Crippen molar-refractivity contribution in [2.24, 2.45) is 0 Å². The minimum Gasteiger partial charge on any atom is -0.496 e. The summed E-state index contributed by atoms with van der Waals surface area (Å²) in [5.74, 6) is 1.96. The molecule has 0 saturated heterocycles. The number of carbonyl (C=O) groups excluding carboxylic acids is 3.